The molecule has 12 heteroatoms. The number of rotatable bonds is 5. The number of amides is 1. The summed E-state index contributed by atoms with van der Waals surface area (Å²) >= 11 is 23.2. The number of aromatic nitrogens is 1. The summed E-state index contributed by atoms with van der Waals surface area (Å²) in [5, 5.41) is 12.9. The minimum absolute atomic E-state index is 0.00684. The first-order valence-electron chi connectivity index (χ1n) is 6.61. The third kappa shape index (κ3) is 4.73. The predicted molar refractivity (Wildman–Crippen MR) is 96.3 cm³/mol. The highest BCUT2D eigenvalue weighted by molar-refractivity contribution is 6.48. The Morgan fingerprint density at radius 2 is 1.85 bits per heavy atom. The van der Waals surface area contributed by atoms with Crippen molar-refractivity contribution in [3.8, 4) is 0 Å². The zero-order valence-corrected chi connectivity index (χ0v) is 15.5. The molecule has 1 heterocycles. The molecule has 1 amide bonds. The quantitative estimate of drug-likeness (QED) is 0.420. The van der Waals surface area contributed by atoms with Crippen molar-refractivity contribution in [2.24, 2.45) is 0 Å². The molecule has 2 rings (SSSR count). The summed E-state index contributed by atoms with van der Waals surface area (Å²) in [4.78, 5) is 37.6. The van der Waals surface area contributed by atoms with E-state index in [0.29, 0.717) is 0 Å². The number of carbonyl (C=O) groups excluding carboxylic acids is 2. The molecule has 0 fully saturated rings. The van der Waals surface area contributed by atoms with Gasteiger partial charge < -0.3 is 10.1 Å². The Bertz CT molecular complexity index is 906. The molecule has 0 saturated carbocycles. The number of pyridine rings is 1. The molecule has 0 bridgehead atoms. The Balaban J connectivity index is 2.03. The average Bonchev–Trinajstić information content (AvgIpc) is 2.59. The van der Waals surface area contributed by atoms with Crippen LogP contribution in [-0.4, -0.2) is 28.4 Å². The Hall–Kier alpha value is -2.13. The molecule has 136 valence electrons. The molecule has 0 aliphatic rings. The van der Waals surface area contributed by atoms with Crippen LogP contribution in [0.15, 0.2) is 24.4 Å². The summed E-state index contributed by atoms with van der Waals surface area (Å²) in [5.41, 5.74) is -0.594. The number of esters is 1. The molecule has 0 spiro atoms. The average molecular weight is 439 g/mol. The van der Waals surface area contributed by atoms with Gasteiger partial charge in [0, 0.05) is 18.3 Å². The van der Waals surface area contributed by atoms with E-state index in [4.69, 9.17) is 51.1 Å². The zero-order valence-electron chi connectivity index (χ0n) is 12.5. The fraction of sp³-hybridized carbons (Fsp3) is 0.0714. The van der Waals surface area contributed by atoms with Crippen LogP contribution in [0.25, 0.3) is 0 Å². The first-order chi connectivity index (χ1) is 12.2. The van der Waals surface area contributed by atoms with Crippen molar-refractivity contribution < 1.29 is 19.2 Å². The molecule has 1 N–H and O–H groups in total. The molecular formula is C14H7Cl4N3O5. The standard InChI is InChI=1S/C14H7Cl4N3O5/c15-7-2-1-6(21(24)25)3-9(7)20-10(22)5-26-14(23)13-12(18)11(17)8(16)4-19-13/h1-4H,5H2,(H,20,22). The van der Waals surface area contributed by atoms with Gasteiger partial charge in [-0.1, -0.05) is 46.4 Å². The highest BCUT2D eigenvalue weighted by atomic mass is 35.5. The van der Waals surface area contributed by atoms with Gasteiger partial charge in [-0.05, 0) is 6.07 Å². The number of benzene rings is 1. The lowest BCUT2D eigenvalue weighted by molar-refractivity contribution is -0.384. The van der Waals surface area contributed by atoms with Gasteiger partial charge in [-0.15, -0.1) is 0 Å². The molecule has 26 heavy (non-hydrogen) atoms. The van der Waals surface area contributed by atoms with E-state index in [1.807, 2.05) is 0 Å². The third-order valence-electron chi connectivity index (χ3n) is 2.88. The number of hydrogen-bond acceptors (Lipinski definition) is 6. The van der Waals surface area contributed by atoms with Crippen LogP contribution in [0.4, 0.5) is 11.4 Å². The fourth-order valence-corrected chi connectivity index (χ4v) is 2.42. The molecule has 0 radical (unpaired) electrons. The smallest absolute Gasteiger partial charge is 0.359 e. The summed E-state index contributed by atoms with van der Waals surface area (Å²) in [6.07, 6.45) is 1.11. The van der Waals surface area contributed by atoms with Gasteiger partial charge in [0.2, 0.25) is 0 Å². The molecule has 0 aliphatic carbocycles. The Morgan fingerprint density at radius 3 is 2.50 bits per heavy atom. The van der Waals surface area contributed by atoms with Gasteiger partial charge in [0.25, 0.3) is 11.6 Å². The summed E-state index contributed by atoms with van der Waals surface area (Å²) in [7, 11) is 0. The first-order valence-corrected chi connectivity index (χ1v) is 8.12. The van der Waals surface area contributed by atoms with Gasteiger partial charge in [0.05, 0.1) is 30.7 Å². The first kappa shape index (κ1) is 20.2. The van der Waals surface area contributed by atoms with Crippen LogP contribution in [0.5, 0.6) is 0 Å². The fourth-order valence-electron chi connectivity index (χ4n) is 1.69. The lowest BCUT2D eigenvalue weighted by Crippen LogP contribution is -2.21. The molecule has 0 aliphatic heterocycles. The second-order valence-electron chi connectivity index (χ2n) is 4.63. The molecule has 2 aromatic rings. The highest BCUT2D eigenvalue weighted by Gasteiger charge is 2.20. The van der Waals surface area contributed by atoms with E-state index in [0.717, 1.165) is 12.3 Å². The molecule has 0 atom stereocenters. The van der Waals surface area contributed by atoms with Crippen LogP contribution in [0.1, 0.15) is 10.5 Å². The van der Waals surface area contributed by atoms with E-state index in [2.05, 4.69) is 10.3 Å². The van der Waals surface area contributed by atoms with E-state index < -0.39 is 23.4 Å². The van der Waals surface area contributed by atoms with Crippen LogP contribution in [0.3, 0.4) is 0 Å². The van der Waals surface area contributed by atoms with Crippen LogP contribution in [0, 0.1) is 10.1 Å². The summed E-state index contributed by atoms with van der Waals surface area (Å²) in [6.45, 7) is -0.712. The molecule has 8 nitrogen and oxygen atoms in total. The number of nitro benzene ring substituents is 1. The zero-order chi connectivity index (χ0) is 19.4. The second kappa shape index (κ2) is 8.50. The second-order valence-corrected chi connectivity index (χ2v) is 6.20. The SMILES string of the molecule is O=C(COC(=O)c1ncc(Cl)c(Cl)c1Cl)Nc1cc([N+](=O)[O-])ccc1Cl. The van der Waals surface area contributed by atoms with Crippen molar-refractivity contribution in [2.75, 3.05) is 11.9 Å². The summed E-state index contributed by atoms with van der Waals surface area (Å²) < 4.78 is 4.78. The number of carbonyl (C=O) groups is 2. The van der Waals surface area contributed by atoms with Crippen molar-refractivity contribution in [3.05, 3.63) is 60.3 Å². The number of nitrogens with one attached hydrogen (secondary N) is 1. The molecule has 0 saturated heterocycles. The largest absolute Gasteiger partial charge is 0.451 e. The van der Waals surface area contributed by atoms with E-state index in [1.54, 1.807) is 0 Å². The lowest BCUT2D eigenvalue weighted by atomic mass is 10.3. The van der Waals surface area contributed by atoms with Gasteiger partial charge in [0.15, 0.2) is 12.3 Å². The van der Waals surface area contributed by atoms with Crippen molar-refractivity contribution >= 4 is 69.7 Å². The molecule has 1 aromatic carbocycles. The van der Waals surface area contributed by atoms with E-state index in [1.165, 1.54) is 12.1 Å². The van der Waals surface area contributed by atoms with Crippen LogP contribution in [0.2, 0.25) is 20.1 Å². The van der Waals surface area contributed by atoms with Crippen molar-refractivity contribution in [3.63, 3.8) is 0 Å². The molecule has 1 aromatic heterocycles. The summed E-state index contributed by atoms with van der Waals surface area (Å²) in [6, 6.07) is 3.50. The predicted octanol–water partition coefficient (Wildman–Crippen LogP) is 4.40. The third-order valence-corrected chi connectivity index (χ3v) is 4.45. The maximum Gasteiger partial charge on any atom is 0.359 e. The number of hydrogen-bond donors (Lipinski definition) is 1. The van der Waals surface area contributed by atoms with Gasteiger partial charge >= 0.3 is 5.97 Å². The minimum Gasteiger partial charge on any atom is -0.451 e. The van der Waals surface area contributed by atoms with Crippen molar-refractivity contribution in [2.45, 2.75) is 0 Å². The van der Waals surface area contributed by atoms with Gasteiger partial charge in [-0.25, -0.2) is 9.78 Å². The molecule has 0 unspecified atom stereocenters. The highest BCUT2D eigenvalue weighted by Crippen LogP contribution is 2.31. The monoisotopic (exact) mass is 437 g/mol. The van der Waals surface area contributed by atoms with Crippen LogP contribution >= 0.6 is 46.4 Å². The van der Waals surface area contributed by atoms with E-state index >= 15 is 0 Å². The van der Waals surface area contributed by atoms with E-state index in [-0.39, 0.29) is 37.2 Å². The molecular weight excluding hydrogens is 432 g/mol. The maximum absolute atomic E-state index is 11.9. The number of nitro groups is 1. The number of non-ortho nitro benzene ring substituents is 1. The number of ether oxygens (including phenoxy) is 1. The Morgan fingerprint density at radius 1 is 1.15 bits per heavy atom. The topological polar surface area (TPSA) is 111 Å². The van der Waals surface area contributed by atoms with Crippen LogP contribution in [-0.2, 0) is 9.53 Å². The normalized spacial score (nSPS) is 10.3. The lowest BCUT2D eigenvalue weighted by Gasteiger charge is -2.09. The van der Waals surface area contributed by atoms with Crippen molar-refractivity contribution in [1.82, 2.24) is 4.98 Å². The number of anilines is 1. The van der Waals surface area contributed by atoms with Gasteiger partial charge in [0.1, 0.15) is 0 Å². The van der Waals surface area contributed by atoms with Gasteiger partial charge in [-0.2, -0.15) is 0 Å². The Kier molecular flexibility index (Phi) is 6.60. The number of nitrogens with zero attached hydrogens (tertiary/aromatic N) is 2. The maximum atomic E-state index is 11.9. The summed E-state index contributed by atoms with van der Waals surface area (Å²) in [5.74, 6) is -1.79. The van der Waals surface area contributed by atoms with Crippen LogP contribution < -0.4 is 5.32 Å². The Labute approximate surface area is 166 Å². The number of halogens is 4. The van der Waals surface area contributed by atoms with E-state index in [9.17, 15) is 19.7 Å². The van der Waals surface area contributed by atoms with Gasteiger partial charge in [-0.3, -0.25) is 14.9 Å². The minimum atomic E-state index is -1.01. The van der Waals surface area contributed by atoms with Crippen molar-refractivity contribution in [1.29, 1.82) is 0 Å².